The van der Waals surface area contributed by atoms with Crippen LogP contribution in [0.15, 0.2) is 47.4 Å². The highest BCUT2D eigenvalue weighted by Crippen LogP contribution is 2.35. The number of amides is 2. The number of carbonyl (C=O) groups is 2. The number of aryl methyl sites for hydroxylation is 1. The van der Waals surface area contributed by atoms with Crippen molar-refractivity contribution in [3.63, 3.8) is 0 Å². The van der Waals surface area contributed by atoms with Gasteiger partial charge in [0.1, 0.15) is 11.5 Å². The molecule has 2 aromatic carbocycles. The minimum Gasteiger partial charge on any atom is -0.494 e. The summed E-state index contributed by atoms with van der Waals surface area (Å²) in [5.41, 5.74) is 3.12. The molecule has 0 unspecified atom stereocenters. The molecule has 1 heterocycles. The summed E-state index contributed by atoms with van der Waals surface area (Å²) < 4.78 is 41.3. The van der Waals surface area contributed by atoms with E-state index >= 15 is 0 Å². The first-order valence-corrected chi connectivity index (χ1v) is 13.6. The lowest BCUT2D eigenvalue weighted by Gasteiger charge is -2.34. The van der Waals surface area contributed by atoms with Crippen molar-refractivity contribution in [3.8, 4) is 11.5 Å². The minimum atomic E-state index is -4.10. The maximum absolute atomic E-state index is 13.3. The fourth-order valence-electron chi connectivity index (χ4n) is 4.12. The number of carbonyl (C=O) groups excluding carboxylic acids is 2. The molecular weight excluding hydrogens is 500 g/mol. The summed E-state index contributed by atoms with van der Waals surface area (Å²) in [5, 5.41) is 12.0. The largest absolute Gasteiger partial charge is 0.494 e. The third-order valence-electron chi connectivity index (χ3n) is 6.10. The van der Waals surface area contributed by atoms with Crippen LogP contribution >= 0.6 is 0 Å². The molecule has 0 aliphatic carbocycles. The molecule has 1 fully saturated rings. The van der Waals surface area contributed by atoms with E-state index in [0.717, 1.165) is 11.3 Å². The maximum Gasteiger partial charge on any atom is 0.265 e. The lowest BCUT2D eigenvalue weighted by molar-refractivity contribution is -0.134. The van der Waals surface area contributed by atoms with E-state index in [1.54, 1.807) is 6.07 Å². The highest BCUT2D eigenvalue weighted by molar-refractivity contribution is 7.93. The zero-order valence-electron chi connectivity index (χ0n) is 21.3. The normalized spacial score (nSPS) is 15.2. The smallest absolute Gasteiger partial charge is 0.265 e. The van der Waals surface area contributed by atoms with Gasteiger partial charge in [0.05, 0.1) is 17.6 Å². The monoisotopic (exact) mass is 534 g/mol. The number of sulfone groups is 1. The minimum absolute atomic E-state index is 0.0511. The average Bonchev–Trinajstić information content (AvgIpc) is 2.88. The molecular formula is C26H34N2O8S. The van der Waals surface area contributed by atoms with Gasteiger partial charge in [-0.2, -0.15) is 0 Å². The van der Waals surface area contributed by atoms with Crippen molar-refractivity contribution < 1.29 is 37.4 Å². The van der Waals surface area contributed by atoms with Crippen LogP contribution < -0.4 is 20.3 Å². The summed E-state index contributed by atoms with van der Waals surface area (Å²) in [5.74, 6) is 0.0958. The van der Waals surface area contributed by atoms with Crippen LogP contribution in [0.5, 0.6) is 11.5 Å². The highest BCUT2D eigenvalue weighted by Gasteiger charge is 2.52. The number of hydrogen-bond acceptors (Lipinski definition) is 8. The van der Waals surface area contributed by atoms with Crippen molar-refractivity contribution in [3.05, 3.63) is 48.0 Å². The van der Waals surface area contributed by atoms with E-state index in [4.69, 9.17) is 19.4 Å². The number of hydroxylamine groups is 1. The van der Waals surface area contributed by atoms with E-state index in [1.807, 2.05) is 32.9 Å². The maximum atomic E-state index is 13.3. The quantitative estimate of drug-likeness (QED) is 0.226. The van der Waals surface area contributed by atoms with E-state index in [2.05, 4.69) is 5.32 Å². The number of rotatable bonds is 11. The van der Waals surface area contributed by atoms with E-state index in [9.17, 15) is 18.0 Å². The average molecular weight is 535 g/mol. The van der Waals surface area contributed by atoms with Gasteiger partial charge in [0, 0.05) is 25.3 Å². The highest BCUT2D eigenvalue weighted by atomic mass is 32.2. The fraction of sp³-hybridized carbons (Fsp3) is 0.462. The molecule has 0 saturated carbocycles. The van der Waals surface area contributed by atoms with Crippen LogP contribution in [0.25, 0.3) is 0 Å². The third kappa shape index (κ3) is 6.79. The van der Waals surface area contributed by atoms with Crippen molar-refractivity contribution in [2.45, 2.75) is 62.2 Å². The summed E-state index contributed by atoms with van der Waals surface area (Å²) in [7, 11) is -4.10. The summed E-state index contributed by atoms with van der Waals surface area (Å²) in [6.07, 6.45) is 0.654. The van der Waals surface area contributed by atoms with E-state index < -0.39 is 20.5 Å². The first-order chi connectivity index (χ1) is 17.6. The summed E-state index contributed by atoms with van der Waals surface area (Å²) in [6, 6.07) is 11.2. The van der Waals surface area contributed by atoms with Crippen molar-refractivity contribution >= 4 is 27.3 Å². The molecule has 202 valence electrons. The molecule has 37 heavy (non-hydrogen) atoms. The molecule has 1 aliphatic heterocycles. The molecule has 0 atom stereocenters. The zero-order valence-corrected chi connectivity index (χ0v) is 22.1. The number of hydrogen-bond donors (Lipinski definition) is 3. The van der Waals surface area contributed by atoms with Gasteiger partial charge in [-0.3, -0.25) is 14.8 Å². The second kappa shape index (κ2) is 12.4. The van der Waals surface area contributed by atoms with Crippen molar-refractivity contribution in [1.82, 2.24) is 5.48 Å². The van der Waals surface area contributed by atoms with Crippen LogP contribution in [0.4, 0.5) is 5.69 Å². The molecule has 1 aliphatic rings. The molecule has 0 bridgehead atoms. The van der Waals surface area contributed by atoms with Gasteiger partial charge in [-0.25, -0.2) is 13.9 Å². The first kappa shape index (κ1) is 28.4. The van der Waals surface area contributed by atoms with Gasteiger partial charge in [0.15, 0.2) is 14.6 Å². The van der Waals surface area contributed by atoms with Crippen LogP contribution in [0, 0.1) is 6.92 Å². The fourth-order valence-corrected chi connectivity index (χ4v) is 6.06. The topological polar surface area (TPSA) is 140 Å². The van der Waals surface area contributed by atoms with Gasteiger partial charge in [-0.1, -0.05) is 0 Å². The number of ether oxygens (including phenoxy) is 3. The molecule has 2 amide bonds. The van der Waals surface area contributed by atoms with Crippen molar-refractivity contribution in [1.29, 1.82) is 0 Å². The van der Waals surface area contributed by atoms with Gasteiger partial charge < -0.3 is 19.5 Å². The van der Waals surface area contributed by atoms with Crippen LogP contribution in [-0.4, -0.2) is 56.1 Å². The molecule has 1 saturated heterocycles. The SMILES string of the molecule is Cc1cc(NC(=O)CCCOc2ccc(S(=O)(=O)C3(C(=O)NO)CCOCC3)cc2)ccc1OC(C)C. The molecule has 2 aromatic rings. The Morgan fingerprint density at radius 3 is 2.38 bits per heavy atom. The second-order valence-electron chi connectivity index (χ2n) is 9.17. The van der Waals surface area contributed by atoms with Gasteiger partial charge >= 0.3 is 0 Å². The Balaban J connectivity index is 1.51. The molecule has 0 spiro atoms. The Bertz CT molecular complexity index is 1190. The predicted molar refractivity (Wildman–Crippen MR) is 137 cm³/mol. The van der Waals surface area contributed by atoms with Crippen LogP contribution in [0.2, 0.25) is 0 Å². The Kier molecular flexibility index (Phi) is 9.52. The summed E-state index contributed by atoms with van der Waals surface area (Å²) >= 11 is 0. The van der Waals surface area contributed by atoms with Gasteiger partial charge in [0.2, 0.25) is 5.91 Å². The van der Waals surface area contributed by atoms with Crippen molar-refractivity contribution in [2.75, 3.05) is 25.1 Å². The Morgan fingerprint density at radius 2 is 1.78 bits per heavy atom. The second-order valence-corrected chi connectivity index (χ2v) is 11.4. The summed E-state index contributed by atoms with van der Waals surface area (Å²) in [4.78, 5) is 24.6. The lowest BCUT2D eigenvalue weighted by Crippen LogP contribution is -2.54. The van der Waals surface area contributed by atoms with E-state index in [1.165, 1.54) is 29.7 Å². The standard InChI is InChI=1S/C26H34N2O8S/c1-18(2)36-23-11-6-20(17-19(23)3)27-24(29)5-4-14-35-21-7-9-22(10-8-21)37(32,33)26(25(30)28-31)12-15-34-16-13-26/h6-11,17-18,31H,4-5,12-16H2,1-3H3,(H,27,29)(H,28,30). The predicted octanol–water partition coefficient (Wildman–Crippen LogP) is 3.41. The first-order valence-electron chi connectivity index (χ1n) is 12.2. The molecule has 3 rings (SSSR count). The molecule has 0 radical (unpaired) electrons. The molecule has 3 N–H and O–H groups in total. The molecule has 0 aromatic heterocycles. The Morgan fingerprint density at radius 1 is 1.11 bits per heavy atom. The Labute approximate surface area is 217 Å². The van der Waals surface area contributed by atoms with Crippen LogP contribution in [0.1, 0.15) is 45.1 Å². The number of benzene rings is 2. The van der Waals surface area contributed by atoms with Gasteiger partial charge in [-0.05, 0) is 88.1 Å². The number of anilines is 1. The lowest BCUT2D eigenvalue weighted by atomic mass is 9.98. The molecule has 10 nitrogen and oxygen atoms in total. The summed E-state index contributed by atoms with van der Waals surface area (Å²) in [6.45, 7) is 6.28. The third-order valence-corrected chi connectivity index (χ3v) is 8.62. The number of nitrogens with one attached hydrogen (secondary N) is 2. The van der Waals surface area contributed by atoms with Crippen LogP contribution in [-0.2, 0) is 24.2 Å². The van der Waals surface area contributed by atoms with Gasteiger partial charge in [0.25, 0.3) is 5.91 Å². The zero-order chi connectivity index (χ0) is 27.1. The molecule has 11 heteroatoms. The van der Waals surface area contributed by atoms with E-state index in [-0.39, 0.29) is 56.0 Å². The Hall–Kier alpha value is -3.15. The van der Waals surface area contributed by atoms with E-state index in [0.29, 0.717) is 17.9 Å². The van der Waals surface area contributed by atoms with Crippen molar-refractivity contribution in [2.24, 2.45) is 0 Å². The van der Waals surface area contributed by atoms with Gasteiger partial charge in [-0.15, -0.1) is 0 Å². The van der Waals surface area contributed by atoms with Crippen LogP contribution in [0.3, 0.4) is 0 Å².